The zero-order chi connectivity index (χ0) is 17.8. The lowest BCUT2D eigenvalue weighted by Crippen LogP contribution is -2.49. The van der Waals surface area contributed by atoms with Crippen molar-refractivity contribution < 1.29 is 9.53 Å². The van der Waals surface area contributed by atoms with Crippen LogP contribution in [0.2, 0.25) is 0 Å². The molecule has 1 N–H and O–H groups in total. The molecule has 4 rings (SSSR count). The van der Waals surface area contributed by atoms with Gasteiger partial charge in [0.15, 0.2) is 0 Å². The van der Waals surface area contributed by atoms with Gasteiger partial charge in [-0.05, 0) is 43.5 Å². The van der Waals surface area contributed by atoms with E-state index in [1.54, 1.807) is 24.5 Å². The lowest BCUT2D eigenvalue weighted by Gasteiger charge is -2.38. The minimum atomic E-state index is -0.150. The summed E-state index contributed by atoms with van der Waals surface area (Å²) in [6.45, 7) is 3.44. The molecule has 0 aromatic carbocycles. The first-order chi connectivity index (χ1) is 12.7. The normalized spacial score (nSPS) is 26.1. The minimum Gasteiger partial charge on any atom is -0.373 e. The van der Waals surface area contributed by atoms with E-state index in [0.717, 1.165) is 44.6 Å². The maximum Gasteiger partial charge on any atom is 0.251 e. The summed E-state index contributed by atoms with van der Waals surface area (Å²) in [6, 6.07) is 9.66. The number of hydrogen-bond acceptors (Lipinski definition) is 5. The van der Waals surface area contributed by atoms with Crippen molar-refractivity contribution in [1.29, 1.82) is 0 Å². The first kappa shape index (κ1) is 17.1. The molecule has 0 radical (unpaired) electrons. The molecule has 6 heteroatoms. The van der Waals surface area contributed by atoms with E-state index in [1.807, 2.05) is 18.3 Å². The fourth-order valence-electron chi connectivity index (χ4n) is 3.99. The third kappa shape index (κ3) is 3.92. The van der Waals surface area contributed by atoms with Gasteiger partial charge in [0, 0.05) is 56.4 Å². The summed E-state index contributed by atoms with van der Waals surface area (Å²) in [5, 5.41) is 3.17. The number of aromatic nitrogens is 2. The van der Waals surface area contributed by atoms with Crippen molar-refractivity contribution in [3.05, 3.63) is 60.2 Å². The standard InChI is InChI=1S/C20H24N4O2/c25-19(16-4-9-21-10-5-16)23-17-6-12-26-20(13-17)7-11-24(15-20)14-18-3-1-2-8-22-18/h1-5,8-10,17H,6-7,11-15H2,(H,23,25)/t17-,20-/m1/s1. The summed E-state index contributed by atoms with van der Waals surface area (Å²) in [5.41, 5.74) is 1.59. The molecule has 2 aliphatic heterocycles. The van der Waals surface area contributed by atoms with E-state index >= 15 is 0 Å². The van der Waals surface area contributed by atoms with E-state index in [-0.39, 0.29) is 17.6 Å². The lowest BCUT2D eigenvalue weighted by atomic mass is 9.89. The molecule has 0 bridgehead atoms. The average Bonchev–Trinajstić information content (AvgIpc) is 3.05. The molecule has 4 heterocycles. The maximum absolute atomic E-state index is 12.4. The largest absolute Gasteiger partial charge is 0.373 e. The number of carbonyl (C=O) groups is 1. The summed E-state index contributed by atoms with van der Waals surface area (Å²) in [5.74, 6) is -0.0298. The van der Waals surface area contributed by atoms with E-state index in [4.69, 9.17) is 4.74 Å². The second-order valence-electron chi connectivity index (χ2n) is 7.21. The number of likely N-dealkylation sites (tertiary alicyclic amines) is 1. The number of nitrogens with zero attached hydrogens (tertiary/aromatic N) is 3. The van der Waals surface area contributed by atoms with Crippen LogP contribution in [0.3, 0.4) is 0 Å². The van der Waals surface area contributed by atoms with Crippen LogP contribution in [0.15, 0.2) is 48.9 Å². The molecule has 2 aromatic heterocycles. The molecule has 6 nitrogen and oxygen atoms in total. The smallest absolute Gasteiger partial charge is 0.251 e. The maximum atomic E-state index is 12.4. The van der Waals surface area contributed by atoms with Crippen LogP contribution < -0.4 is 5.32 Å². The van der Waals surface area contributed by atoms with Crippen molar-refractivity contribution >= 4 is 5.91 Å². The third-order valence-electron chi connectivity index (χ3n) is 5.28. The van der Waals surface area contributed by atoms with Crippen LogP contribution in [0.25, 0.3) is 0 Å². The van der Waals surface area contributed by atoms with E-state index in [9.17, 15) is 4.79 Å². The Labute approximate surface area is 153 Å². The van der Waals surface area contributed by atoms with Gasteiger partial charge in [-0.15, -0.1) is 0 Å². The molecule has 0 aliphatic carbocycles. The highest BCUT2D eigenvalue weighted by atomic mass is 16.5. The van der Waals surface area contributed by atoms with Gasteiger partial charge in [-0.3, -0.25) is 19.7 Å². The van der Waals surface area contributed by atoms with Crippen molar-refractivity contribution in [2.45, 2.75) is 37.5 Å². The number of pyridine rings is 2. The van der Waals surface area contributed by atoms with Gasteiger partial charge in [0.2, 0.25) is 0 Å². The van der Waals surface area contributed by atoms with E-state index in [2.05, 4.69) is 26.3 Å². The van der Waals surface area contributed by atoms with Crippen molar-refractivity contribution in [1.82, 2.24) is 20.2 Å². The van der Waals surface area contributed by atoms with Gasteiger partial charge in [0.05, 0.1) is 11.3 Å². The predicted octanol–water partition coefficient (Wildman–Crippen LogP) is 2.03. The van der Waals surface area contributed by atoms with Gasteiger partial charge < -0.3 is 10.1 Å². The Bertz CT molecular complexity index is 740. The minimum absolute atomic E-state index is 0.0298. The molecule has 2 aliphatic rings. The number of nitrogens with one attached hydrogen (secondary N) is 1. The Morgan fingerprint density at radius 3 is 2.96 bits per heavy atom. The predicted molar refractivity (Wildman–Crippen MR) is 97.5 cm³/mol. The third-order valence-corrected chi connectivity index (χ3v) is 5.28. The van der Waals surface area contributed by atoms with E-state index in [0.29, 0.717) is 12.2 Å². The van der Waals surface area contributed by atoms with Gasteiger partial charge in [-0.2, -0.15) is 0 Å². The monoisotopic (exact) mass is 352 g/mol. The lowest BCUT2D eigenvalue weighted by molar-refractivity contribution is -0.0793. The average molecular weight is 352 g/mol. The van der Waals surface area contributed by atoms with Gasteiger partial charge in [-0.25, -0.2) is 0 Å². The Hall–Kier alpha value is -2.31. The van der Waals surface area contributed by atoms with Crippen LogP contribution >= 0.6 is 0 Å². The molecule has 26 heavy (non-hydrogen) atoms. The molecule has 2 fully saturated rings. The molecule has 0 unspecified atom stereocenters. The second kappa shape index (κ2) is 7.51. The van der Waals surface area contributed by atoms with Gasteiger partial charge in [0.1, 0.15) is 0 Å². The van der Waals surface area contributed by atoms with Crippen LogP contribution in [0.5, 0.6) is 0 Å². The number of carbonyl (C=O) groups excluding carboxylic acids is 1. The molecule has 2 atom stereocenters. The molecule has 2 saturated heterocycles. The Morgan fingerprint density at radius 2 is 2.15 bits per heavy atom. The first-order valence-electron chi connectivity index (χ1n) is 9.20. The van der Waals surface area contributed by atoms with Crippen LogP contribution in [0.1, 0.15) is 35.3 Å². The fourth-order valence-corrected chi connectivity index (χ4v) is 3.99. The Kier molecular flexibility index (Phi) is 4.95. The summed E-state index contributed by atoms with van der Waals surface area (Å²) < 4.78 is 6.19. The number of hydrogen-bond donors (Lipinski definition) is 1. The second-order valence-corrected chi connectivity index (χ2v) is 7.21. The number of amides is 1. The zero-order valence-corrected chi connectivity index (χ0v) is 14.8. The van der Waals surface area contributed by atoms with Crippen molar-refractivity contribution in [3.63, 3.8) is 0 Å². The highest BCUT2D eigenvalue weighted by Crippen LogP contribution is 2.34. The summed E-state index contributed by atoms with van der Waals surface area (Å²) in [7, 11) is 0. The SMILES string of the molecule is O=C(N[C@@H]1CCO[C@]2(CCN(Cc3ccccn3)C2)C1)c1ccncc1. The Balaban J connectivity index is 1.35. The Morgan fingerprint density at radius 1 is 1.27 bits per heavy atom. The molecule has 2 aromatic rings. The molecule has 0 saturated carbocycles. The highest BCUT2D eigenvalue weighted by Gasteiger charge is 2.43. The van der Waals surface area contributed by atoms with E-state index in [1.165, 1.54) is 0 Å². The molecular formula is C20H24N4O2. The van der Waals surface area contributed by atoms with Gasteiger partial charge in [-0.1, -0.05) is 6.07 Å². The van der Waals surface area contributed by atoms with Crippen molar-refractivity contribution in [2.75, 3.05) is 19.7 Å². The number of rotatable bonds is 4. The molecular weight excluding hydrogens is 328 g/mol. The van der Waals surface area contributed by atoms with Gasteiger partial charge in [0.25, 0.3) is 5.91 Å². The first-order valence-corrected chi connectivity index (χ1v) is 9.20. The molecule has 1 spiro atoms. The van der Waals surface area contributed by atoms with E-state index < -0.39 is 0 Å². The fraction of sp³-hybridized carbons (Fsp3) is 0.450. The molecule has 1 amide bonds. The van der Waals surface area contributed by atoms with Crippen LogP contribution in [0, 0.1) is 0 Å². The summed E-state index contributed by atoms with van der Waals surface area (Å²) in [4.78, 5) is 23.2. The summed E-state index contributed by atoms with van der Waals surface area (Å²) >= 11 is 0. The zero-order valence-electron chi connectivity index (χ0n) is 14.8. The quantitative estimate of drug-likeness (QED) is 0.912. The van der Waals surface area contributed by atoms with Crippen LogP contribution in [-0.4, -0.2) is 52.1 Å². The summed E-state index contributed by atoms with van der Waals surface area (Å²) in [6.07, 6.45) is 7.85. The van der Waals surface area contributed by atoms with Crippen molar-refractivity contribution in [3.8, 4) is 0 Å². The van der Waals surface area contributed by atoms with Crippen molar-refractivity contribution in [2.24, 2.45) is 0 Å². The number of ether oxygens (including phenoxy) is 1. The van der Waals surface area contributed by atoms with Crippen LogP contribution in [0.4, 0.5) is 0 Å². The molecule has 136 valence electrons. The van der Waals surface area contributed by atoms with Gasteiger partial charge >= 0.3 is 0 Å². The highest BCUT2D eigenvalue weighted by molar-refractivity contribution is 5.94. The topological polar surface area (TPSA) is 67.3 Å². The van der Waals surface area contributed by atoms with Crippen LogP contribution in [-0.2, 0) is 11.3 Å².